The number of alkyl halides is 3. The molecule has 0 aliphatic carbocycles. The van der Waals surface area contributed by atoms with Crippen molar-refractivity contribution >= 4 is 22.8 Å². The van der Waals surface area contributed by atoms with Gasteiger partial charge in [0.15, 0.2) is 5.82 Å². The number of aryl methyl sites for hydroxylation is 1. The van der Waals surface area contributed by atoms with Gasteiger partial charge in [0.05, 0.1) is 5.52 Å². The van der Waals surface area contributed by atoms with E-state index in [2.05, 4.69) is 40.1 Å². The Bertz CT molecular complexity index is 1030. The van der Waals surface area contributed by atoms with Crippen LogP contribution in [0.25, 0.3) is 11.0 Å². The number of nitrogens with one attached hydrogen (secondary N) is 1. The number of pyridine rings is 1. The molecule has 2 aromatic rings. The Kier molecular flexibility index (Phi) is 6.99. The third-order valence-corrected chi connectivity index (χ3v) is 4.71. The highest BCUT2D eigenvalue weighted by Crippen LogP contribution is 2.25. The molecule has 0 spiro atoms. The standard InChI is InChI=1S/C16H20N6O.C2HF3O2/c1-4-11-9-22(10(2)8-18-11)15-14-13(21(3)16(23)20-15)6-5-12(7-17)19-14;3-2(4,5)1(6)7/h5-6,10-11,18H,4,8-9H2,1-3H3;(H,6,7)/t10-,11+;/m0./s1. The molecular formula is C18H21F3N6O3. The maximum atomic E-state index is 12.2. The van der Waals surface area contributed by atoms with E-state index in [0.29, 0.717) is 28.6 Å². The number of nitrogens with zero attached hydrogens (tertiary/aromatic N) is 5. The van der Waals surface area contributed by atoms with Crippen molar-refractivity contribution in [2.24, 2.45) is 7.05 Å². The first-order chi connectivity index (χ1) is 14.0. The number of fused-ring (bicyclic) bond motifs is 1. The van der Waals surface area contributed by atoms with Gasteiger partial charge in [-0.15, -0.1) is 0 Å². The molecule has 3 rings (SSSR count). The molecular weight excluding hydrogens is 405 g/mol. The number of piperazine rings is 1. The number of rotatable bonds is 2. The molecule has 2 aromatic heterocycles. The van der Waals surface area contributed by atoms with Crippen molar-refractivity contribution in [2.45, 2.75) is 38.5 Å². The fourth-order valence-corrected chi connectivity index (χ4v) is 2.97. The van der Waals surface area contributed by atoms with E-state index in [1.807, 2.05) is 0 Å². The minimum absolute atomic E-state index is 0.202. The average molecular weight is 426 g/mol. The third-order valence-electron chi connectivity index (χ3n) is 4.71. The van der Waals surface area contributed by atoms with Gasteiger partial charge in [-0.25, -0.2) is 14.6 Å². The second-order valence-electron chi connectivity index (χ2n) is 6.77. The predicted octanol–water partition coefficient (Wildman–Crippen LogP) is 1.41. The van der Waals surface area contributed by atoms with Crippen LogP contribution in [0.1, 0.15) is 26.0 Å². The zero-order valence-electron chi connectivity index (χ0n) is 16.6. The quantitative estimate of drug-likeness (QED) is 0.739. The van der Waals surface area contributed by atoms with E-state index in [-0.39, 0.29) is 11.7 Å². The Hall–Kier alpha value is -3.20. The summed E-state index contributed by atoms with van der Waals surface area (Å²) in [4.78, 5) is 31.9. The zero-order valence-corrected chi connectivity index (χ0v) is 16.6. The minimum atomic E-state index is -5.08. The number of carboxylic acids is 1. The highest BCUT2D eigenvalue weighted by atomic mass is 19.4. The van der Waals surface area contributed by atoms with Crippen LogP contribution in [-0.2, 0) is 11.8 Å². The second-order valence-corrected chi connectivity index (χ2v) is 6.77. The first-order valence-electron chi connectivity index (χ1n) is 9.07. The average Bonchev–Trinajstić information content (AvgIpc) is 2.70. The fourth-order valence-electron chi connectivity index (χ4n) is 2.97. The highest BCUT2D eigenvalue weighted by Gasteiger charge is 2.38. The van der Waals surface area contributed by atoms with Crippen molar-refractivity contribution in [2.75, 3.05) is 18.0 Å². The molecule has 30 heavy (non-hydrogen) atoms. The molecule has 0 radical (unpaired) electrons. The van der Waals surface area contributed by atoms with Crippen molar-refractivity contribution in [3.8, 4) is 6.07 Å². The lowest BCUT2D eigenvalue weighted by atomic mass is 10.1. The maximum Gasteiger partial charge on any atom is 0.490 e. The lowest BCUT2D eigenvalue weighted by Gasteiger charge is -2.39. The van der Waals surface area contributed by atoms with Crippen LogP contribution in [0.15, 0.2) is 16.9 Å². The molecule has 0 amide bonds. The van der Waals surface area contributed by atoms with Crippen molar-refractivity contribution in [3.05, 3.63) is 28.3 Å². The van der Waals surface area contributed by atoms with Crippen LogP contribution in [0.5, 0.6) is 0 Å². The molecule has 2 atom stereocenters. The monoisotopic (exact) mass is 426 g/mol. The van der Waals surface area contributed by atoms with Gasteiger partial charge in [0.25, 0.3) is 0 Å². The number of halogens is 3. The number of hydrogen-bond acceptors (Lipinski definition) is 7. The molecule has 9 nitrogen and oxygen atoms in total. The third kappa shape index (κ3) is 5.04. The number of nitriles is 1. The Morgan fingerprint density at radius 3 is 2.57 bits per heavy atom. The van der Waals surface area contributed by atoms with Crippen molar-refractivity contribution in [1.82, 2.24) is 19.9 Å². The van der Waals surface area contributed by atoms with Crippen LogP contribution >= 0.6 is 0 Å². The van der Waals surface area contributed by atoms with E-state index in [1.54, 1.807) is 19.2 Å². The Morgan fingerprint density at radius 2 is 2.03 bits per heavy atom. The largest absolute Gasteiger partial charge is 0.490 e. The molecule has 0 unspecified atom stereocenters. The Morgan fingerprint density at radius 1 is 1.40 bits per heavy atom. The van der Waals surface area contributed by atoms with E-state index in [9.17, 15) is 18.0 Å². The first-order valence-corrected chi connectivity index (χ1v) is 9.07. The number of hydrogen-bond donors (Lipinski definition) is 2. The molecule has 0 bridgehead atoms. The van der Waals surface area contributed by atoms with Gasteiger partial charge < -0.3 is 15.3 Å². The predicted molar refractivity (Wildman–Crippen MR) is 102 cm³/mol. The zero-order chi connectivity index (χ0) is 22.6. The molecule has 162 valence electrons. The summed E-state index contributed by atoms with van der Waals surface area (Å²) in [6.45, 7) is 5.83. The number of aromatic nitrogens is 3. The first kappa shape index (κ1) is 23.1. The summed E-state index contributed by atoms with van der Waals surface area (Å²) in [5.41, 5.74) is 1.32. The second kappa shape index (κ2) is 9.08. The lowest BCUT2D eigenvalue weighted by Crippen LogP contribution is -2.56. The summed E-state index contributed by atoms with van der Waals surface area (Å²) in [6.07, 6.45) is -4.08. The summed E-state index contributed by atoms with van der Waals surface area (Å²) in [6, 6.07) is 6.00. The molecule has 12 heteroatoms. The van der Waals surface area contributed by atoms with Crippen LogP contribution in [-0.4, -0.2) is 57.0 Å². The smallest absolute Gasteiger partial charge is 0.475 e. The van der Waals surface area contributed by atoms with E-state index in [1.165, 1.54) is 4.57 Å². The Balaban J connectivity index is 0.000000396. The van der Waals surface area contributed by atoms with Crippen LogP contribution in [0, 0.1) is 11.3 Å². The van der Waals surface area contributed by atoms with Gasteiger partial charge in [-0.1, -0.05) is 6.92 Å². The van der Waals surface area contributed by atoms with Gasteiger partial charge in [-0.2, -0.15) is 23.4 Å². The number of carboxylic acid groups (broad SMARTS) is 1. The summed E-state index contributed by atoms with van der Waals surface area (Å²) < 4.78 is 33.2. The van der Waals surface area contributed by atoms with Crippen LogP contribution in [0.3, 0.4) is 0 Å². The van der Waals surface area contributed by atoms with Gasteiger partial charge in [0, 0.05) is 32.2 Å². The summed E-state index contributed by atoms with van der Waals surface area (Å²) in [7, 11) is 1.67. The molecule has 1 aliphatic rings. The van der Waals surface area contributed by atoms with Crippen LogP contribution in [0.4, 0.5) is 19.0 Å². The van der Waals surface area contributed by atoms with Gasteiger partial charge in [-0.3, -0.25) is 4.57 Å². The van der Waals surface area contributed by atoms with Gasteiger partial charge >= 0.3 is 17.8 Å². The van der Waals surface area contributed by atoms with E-state index in [0.717, 1.165) is 19.5 Å². The maximum absolute atomic E-state index is 12.2. The summed E-state index contributed by atoms with van der Waals surface area (Å²) in [5.74, 6) is -2.18. The SMILES string of the molecule is CC[C@@H]1CN(c2nc(=O)n(C)c3ccc(C#N)nc23)[C@@H](C)CN1.O=C(O)C(F)(F)F. The Labute approximate surface area is 169 Å². The molecule has 1 saturated heterocycles. The van der Waals surface area contributed by atoms with Crippen molar-refractivity contribution in [3.63, 3.8) is 0 Å². The number of carbonyl (C=O) groups is 1. The van der Waals surface area contributed by atoms with E-state index >= 15 is 0 Å². The number of anilines is 1. The number of aliphatic carboxylic acids is 1. The van der Waals surface area contributed by atoms with E-state index < -0.39 is 12.1 Å². The van der Waals surface area contributed by atoms with Gasteiger partial charge in [0.2, 0.25) is 0 Å². The van der Waals surface area contributed by atoms with Crippen LogP contribution in [0.2, 0.25) is 0 Å². The van der Waals surface area contributed by atoms with Gasteiger partial charge in [0.1, 0.15) is 17.3 Å². The topological polar surface area (TPSA) is 124 Å². The molecule has 2 N–H and O–H groups in total. The van der Waals surface area contributed by atoms with E-state index in [4.69, 9.17) is 15.2 Å². The lowest BCUT2D eigenvalue weighted by molar-refractivity contribution is -0.192. The molecule has 1 fully saturated rings. The molecule has 0 saturated carbocycles. The normalized spacial score (nSPS) is 19.0. The van der Waals surface area contributed by atoms with Crippen molar-refractivity contribution in [1.29, 1.82) is 5.26 Å². The van der Waals surface area contributed by atoms with Crippen LogP contribution < -0.4 is 15.9 Å². The molecule has 1 aliphatic heterocycles. The minimum Gasteiger partial charge on any atom is -0.475 e. The fraction of sp³-hybridized carbons (Fsp3) is 0.500. The molecule has 3 heterocycles. The van der Waals surface area contributed by atoms with Crippen molar-refractivity contribution < 1.29 is 23.1 Å². The summed E-state index contributed by atoms with van der Waals surface area (Å²) in [5, 5.41) is 19.7. The summed E-state index contributed by atoms with van der Waals surface area (Å²) >= 11 is 0. The van der Waals surface area contributed by atoms with Gasteiger partial charge in [-0.05, 0) is 25.5 Å². The highest BCUT2D eigenvalue weighted by molar-refractivity contribution is 5.86. The molecule has 0 aromatic carbocycles.